The molecule has 0 fully saturated rings. The number of rotatable bonds is 8. The van der Waals surface area contributed by atoms with Crippen molar-refractivity contribution in [2.45, 2.75) is 18.4 Å². The zero-order chi connectivity index (χ0) is 23.3. The summed E-state index contributed by atoms with van der Waals surface area (Å²) in [6, 6.07) is 18.1. The molecule has 9 heteroatoms. The molecule has 0 saturated heterocycles. The van der Waals surface area contributed by atoms with Crippen LogP contribution in [-0.4, -0.2) is 28.0 Å². The molecule has 1 N–H and O–H groups in total. The Morgan fingerprint density at radius 3 is 2.16 bits per heavy atom. The van der Waals surface area contributed by atoms with Gasteiger partial charge < -0.3 is 10.1 Å². The first kappa shape index (κ1) is 23.9. The number of methoxy groups -OCH3 is 1. The first-order valence-corrected chi connectivity index (χ1v) is 11.8. The standard InChI is InChI=1S/C23H22Cl2N2O4S/c1-16-3-12-21(31-2)22(13-16)32(29,30)27(20-10-8-19(25)9-11-20)15-23(28)26-14-17-4-6-18(24)7-5-17/h3-13H,14-15H2,1-2H3,(H,26,28). The fraction of sp³-hybridized carbons (Fsp3) is 0.174. The van der Waals surface area contributed by atoms with Gasteiger partial charge in [-0.3, -0.25) is 9.10 Å². The van der Waals surface area contributed by atoms with E-state index in [-0.39, 0.29) is 17.2 Å². The molecule has 1 amide bonds. The number of anilines is 1. The molecule has 0 heterocycles. The third-order valence-electron chi connectivity index (χ3n) is 4.69. The highest BCUT2D eigenvalue weighted by Crippen LogP contribution is 2.31. The number of amides is 1. The second-order valence-corrected chi connectivity index (χ2v) is 9.75. The summed E-state index contributed by atoms with van der Waals surface area (Å²) in [7, 11) is -2.73. The maximum Gasteiger partial charge on any atom is 0.268 e. The van der Waals surface area contributed by atoms with Gasteiger partial charge in [-0.2, -0.15) is 0 Å². The highest BCUT2D eigenvalue weighted by molar-refractivity contribution is 7.93. The molecule has 0 atom stereocenters. The van der Waals surface area contributed by atoms with E-state index in [1.165, 1.54) is 13.2 Å². The van der Waals surface area contributed by atoms with E-state index in [0.717, 1.165) is 15.4 Å². The van der Waals surface area contributed by atoms with Crippen LogP contribution in [0.3, 0.4) is 0 Å². The predicted octanol–water partition coefficient (Wildman–Crippen LogP) is 4.82. The number of benzene rings is 3. The highest BCUT2D eigenvalue weighted by Gasteiger charge is 2.30. The molecule has 0 bridgehead atoms. The van der Waals surface area contributed by atoms with Crippen LogP contribution in [0.2, 0.25) is 10.0 Å². The summed E-state index contributed by atoms with van der Waals surface area (Å²) in [6.07, 6.45) is 0. The van der Waals surface area contributed by atoms with Crippen LogP contribution in [0.1, 0.15) is 11.1 Å². The van der Waals surface area contributed by atoms with Gasteiger partial charge in [0.05, 0.1) is 12.8 Å². The summed E-state index contributed by atoms with van der Waals surface area (Å²) < 4.78 is 33.5. The van der Waals surface area contributed by atoms with Gasteiger partial charge >= 0.3 is 0 Å². The van der Waals surface area contributed by atoms with Gasteiger partial charge in [-0.25, -0.2) is 8.42 Å². The van der Waals surface area contributed by atoms with Gasteiger partial charge in [-0.15, -0.1) is 0 Å². The van der Waals surface area contributed by atoms with E-state index in [0.29, 0.717) is 15.7 Å². The fourth-order valence-electron chi connectivity index (χ4n) is 3.02. The summed E-state index contributed by atoms with van der Waals surface area (Å²) >= 11 is 11.9. The molecule has 0 unspecified atom stereocenters. The van der Waals surface area contributed by atoms with Crippen LogP contribution in [0.5, 0.6) is 5.75 Å². The number of hydrogen-bond donors (Lipinski definition) is 1. The summed E-state index contributed by atoms with van der Waals surface area (Å²) in [5.74, 6) is -0.277. The molecule has 3 aromatic rings. The molecule has 3 rings (SSSR count). The van der Waals surface area contributed by atoms with Gasteiger partial charge in [-0.05, 0) is 66.6 Å². The second kappa shape index (κ2) is 10.3. The molecule has 0 aliphatic carbocycles. The Bertz CT molecular complexity index is 1200. The lowest BCUT2D eigenvalue weighted by Crippen LogP contribution is -2.40. The van der Waals surface area contributed by atoms with Gasteiger partial charge in [0.15, 0.2) is 0 Å². The van der Waals surface area contributed by atoms with E-state index in [9.17, 15) is 13.2 Å². The molecular formula is C23H22Cl2N2O4S. The van der Waals surface area contributed by atoms with Crippen molar-refractivity contribution in [1.82, 2.24) is 5.32 Å². The lowest BCUT2D eigenvalue weighted by atomic mass is 10.2. The molecule has 6 nitrogen and oxygen atoms in total. The number of carbonyl (C=O) groups excluding carboxylic acids is 1. The molecule has 3 aromatic carbocycles. The van der Waals surface area contributed by atoms with Crippen molar-refractivity contribution in [3.05, 3.63) is 87.9 Å². The van der Waals surface area contributed by atoms with Crippen molar-refractivity contribution < 1.29 is 17.9 Å². The van der Waals surface area contributed by atoms with Crippen LogP contribution < -0.4 is 14.4 Å². The van der Waals surface area contributed by atoms with Crippen molar-refractivity contribution in [2.24, 2.45) is 0 Å². The minimum absolute atomic E-state index is 0.0274. The molecule has 0 aromatic heterocycles. The Kier molecular flexibility index (Phi) is 7.66. The number of ether oxygens (including phenoxy) is 1. The van der Waals surface area contributed by atoms with Gasteiger partial charge in [0.2, 0.25) is 5.91 Å². The van der Waals surface area contributed by atoms with Gasteiger partial charge in [0.25, 0.3) is 10.0 Å². The molecule has 0 spiro atoms. The smallest absolute Gasteiger partial charge is 0.268 e. The third kappa shape index (κ3) is 5.73. The van der Waals surface area contributed by atoms with E-state index in [1.54, 1.807) is 67.6 Å². The number of halogens is 2. The number of aryl methyl sites for hydroxylation is 1. The Balaban J connectivity index is 1.92. The zero-order valence-corrected chi connectivity index (χ0v) is 19.8. The van der Waals surface area contributed by atoms with Crippen molar-refractivity contribution in [2.75, 3.05) is 18.0 Å². The predicted molar refractivity (Wildman–Crippen MR) is 127 cm³/mol. The van der Waals surface area contributed by atoms with Crippen molar-refractivity contribution in [1.29, 1.82) is 0 Å². The van der Waals surface area contributed by atoms with Crippen LogP contribution in [0, 0.1) is 6.92 Å². The Labute approximate surface area is 197 Å². The van der Waals surface area contributed by atoms with Crippen molar-refractivity contribution >= 4 is 44.8 Å². The number of hydrogen-bond acceptors (Lipinski definition) is 4. The average Bonchev–Trinajstić information content (AvgIpc) is 2.77. The zero-order valence-electron chi connectivity index (χ0n) is 17.5. The third-order valence-corrected chi connectivity index (χ3v) is 6.99. The Morgan fingerprint density at radius 1 is 0.969 bits per heavy atom. The van der Waals surface area contributed by atoms with E-state index >= 15 is 0 Å². The van der Waals surface area contributed by atoms with Crippen LogP contribution in [0.15, 0.2) is 71.6 Å². The summed E-state index contributed by atoms with van der Waals surface area (Å²) in [5.41, 5.74) is 1.89. The van der Waals surface area contributed by atoms with Crippen LogP contribution in [0.4, 0.5) is 5.69 Å². The summed E-state index contributed by atoms with van der Waals surface area (Å²) in [4.78, 5) is 12.7. The van der Waals surface area contributed by atoms with E-state index in [2.05, 4.69) is 5.32 Å². The van der Waals surface area contributed by atoms with Crippen molar-refractivity contribution in [3.8, 4) is 5.75 Å². The topological polar surface area (TPSA) is 75.7 Å². The van der Waals surface area contributed by atoms with Crippen LogP contribution in [-0.2, 0) is 21.4 Å². The molecule has 32 heavy (non-hydrogen) atoms. The quantitative estimate of drug-likeness (QED) is 0.488. The largest absolute Gasteiger partial charge is 0.495 e. The van der Waals surface area contributed by atoms with Crippen LogP contribution >= 0.6 is 23.2 Å². The fourth-order valence-corrected chi connectivity index (χ4v) is 4.93. The number of nitrogens with one attached hydrogen (secondary N) is 1. The first-order chi connectivity index (χ1) is 15.2. The SMILES string of the molecule is COc1ccc(C)cc1S(=O)(=O)N(CC(=O)NCc1ccc(Cl)cc1)c1ccc(Cl)cc1. The van der Waals surface area contributed by atoms with E-state index in [1.807, 2.05) is 0 Å². The first-order valence-electron chi connectivity index (χ1n) is 9.65. The van der Waals surface area contributed by atoms with E-state index in [4.69, 9.17) is 27.9 Å². The molecule has 0 radical (unpaired) electrons. The van der Waals surface area contributed by atoms with Crippen LogP contribution in [0.25, 0.3) is 0 Å². The molecule has 0 aliphatic heterocycles. The maximum atomic E-state index is 13.6. The molecule has 0 saturated carbocycles. The van der Waals surface area contributed by atoms with E-state index < -0.39 is 22.5 Å². The molecular weight excluding hydrogens is 471 g/mol. The highest BCUT2D eigenvalue weighted by atomic mass is 35.5. The average molecular weight is 493 g/mol. The number of nitrogens with zero attached hydrogens (tertiary/aromatic N) is 1. The summed E-state index contributed by atoms with van der Waals surface area (Å²) in [6.45, 7) is 1.59. The Morgan fingerprint density at radius 2 is 1.56 bits per heavy atom. The van der Waals surface area contributed by atoms with Gasteiger partial charge in [-0.1, -0.05) is 41.4 Å². The lowest BCUT2D eigenvalue weighted by Gasteiger charge is -2.25. The van der Waals surface area contributed by atoms with Gasteiger partial charge in [0, 0.05) is 16.6 Å². The minimum atomic E-state index is -4.13. The number of carbonyl (C=O) groups is 1. The lowest BCUT2D eigenvalue weighted by molar-refractivity contribution is -0.119. The molecule has 168 valence electrons. The maximum absolute atomic E-state index is 13.6. The normalized spacial score (nSPS) is 11.1. The summed E-state index contributed by atoms with van der Waals surface area (Å²) in [5, 5.41) is 3.79. The molecule has 0 aliphatic rings. The second-order valence-electron chi connectivity index (χ2n) is 7.05. The van der Waals surface area contributed by atoms with Gasteiger partial charge in [0.1, 0.15) is 17.2 Å². The Hall–Kier alpha value is -2.74. The monoisotopic (exact) mass is 492 g/mol. The minimum Gasteiger partial charge on any atom is -0.495 e. The number of sulfonamides is 1. The van der Waals surface area contributed by atoms with Crippen molar-refractivity contribution in [3.63, 3.8) is 0 Å².